The molecule has 3 nitrogen and oxygen atoms in total. The summed E-state index contributed by atoms with van der Waals surface area (Å²) < 4.78 is 18.9. The van der Waals surface area contributed by atoms with Gasteiger partial charge in [-0.1, -0.05) is 109 Å². The molecule has 0 fully saturated rings. The van der Waals surface area contributed by atoms with Gasteiger partial charge in [-0.25, -0.2) is 0 Å². The quantitative estimate of drug-likeness (QED) is 0.123. The van der Waals surface area contributed by atoms with Gasteiger partial charge in [-0.2, -0.15) is 0 Å². The van der Waals surface area contributed by atoms with E-state index >= 15 is 0 Å². The smallest absolute Gasteiger partial charge is 0.121 e. The summed E-state index contributed by atoms with van der Waals surface area (Å²) in [4.78, 5) is 9.06. The number of halogens is 1. The van der Waals surface area contributed by atoms with Gasteiger partial charge in [0.25, 0.3) is 0 Å². The molecule has 0 aliphatic carbocycles. The number of aryl methyl sites for hydroxylation is 1. The average Bonchev–Trinajstić information content (AvgIpc) is 3.50. The number of pyridine rings is 2. The molecular weight excluding hydrogens is 824 g/mol. The van der Waals surface area contributed by atoms with E-state index in [-0.39, 0.29) is 25.9 Å². The van der Waals surface area contributed by atoms with Crippen LogP contribution in [0.2, 0.25) is 19.6 Å². The molecule has 3 aromatic heterocycles. The first-order valence-corrected chi connectivity index (χ1v) is 20.3. The fraction of sp³-hybridized carbons (Fsp3) is 0.111. The summed E-state index contributed by atoms with van der Waals surface area (Å²) in [5.41, 5.74) is 11.5. The summed E-state index contributed by atoms with van der Waals surface area (Å²) >= 11 is 0. The molecule has 6 heteroatoms. The molecule has 1 radical (unpaired) electrons. The zero-order valence-corrected chi connectivity index (χ0v) is 32.4. The molecule has 0 unspecified atom stereocenters. The number of benzene rings is 5. The number of rotatable bonds is 6. The Kier molecular flexibility index (Phi) is 10.9. The number of furan rings is 1. The standard InChI is InChI=1S/C31H22NO.C14H15FNSi.Ir/c1-21-7-9-24(10-8-21)25-11-13-30-27(19-25)28-20-26(12-14-31(28)33-30)29-18-23(15-16-32-29)17-22-5-3-2-4-6-22;1-17(2,3)13-8-9-14(16-10-13)11-4-6-12(15)7-5-11;/h2-11,13-16,18-20H,17H2,1H3;4,6-10H,1-3H3;/q2*-1;. The minimum atomic E-state index is -1.30. The molecule has 0 spiro atoms. The molecule has 0 bridgehead atoms. The zero-order chi connectivity index (χ0) is 34.7. The Bertz CT molecular complexity index is 2380. The zero-order valence-electron chi connectivity index (χ0n) is 29.0. The van der Waals surface area contributed by atoms with Gasteiger partial charge in [-0.05, 0) is 70.4 Å². The van der Waals surface area contributed by atoms with Crippen molar-refractivity contribution in [1.82, 2.24) is 9.97 Å². The third-order valence-corrected chi connectivity index (χ3v) is 10.8. The van der Waals surface area contributed by atoms with Crippen molar-refractivity contribution in [2.24, 2.45) is 0 Å². The molecule has 0 saturated carbocycles. The van der Waals surface area contributed by atoms with E-state index in [0.717, 1.165) is 50.9 Å². The Labute approximate surface area is 313 Å². The summed E-state index contributed by atoms with van der Waals surface area (Å²) in [5, 5.41) is 3.52. The molecule has 0 amide bonds. The van der Waals surface area contributed by atoms with Crippen molar-refractivity contribution in [1.29, 1.82) is 0 Å². The van der Waals surface area contributed by atoms with E-state index in [1.54, 1.807) is 6.07 Å². The van der Waals surface area contributed by atoms with E-state index in [0.29, 0.717) is 0 Å². The van der Waals surface area contributed by atoms with Crippen molar-refractivity contribution >= 4 is 35.2 Å². The van der Waals surface area contributed by atoms with Crippen LogP contribution in [0.5, 0.6) is 0 Å². The SMILES string of the molecule is C[Si](C)(C)c1ccc(-c2[c-]cc(F)cc2)nc1.Cc1ccc(-c2ccc3oc4c[c-]c(-c5cc(Cc6ccccc6)ccn5)cc4c3c2)cc1.[Ir]. The van der Waals surface area contributed by atoms with Gasteiger partial charge in [-0.15, -0.1) is 53.6 Å². The van der Waals surface area contributed by atoms with E-state index in [2.05, 4.69) is 140 Å². The van der Waals surface area contributed by atoms with Crippen LogP contribution in [0.25, 0.3) is 55.6 Å². The molecule has 255 valence electrons. The molecule has 5 aromatic carbocycles. The second kappa shape index (κ2) is 15.5. The van der Waals surface area contributed by atoms with Crippen LogP contribution in [0.3, 0.4) is 0 Å². The third kappa shape index (κ3) is 8.49. The number of hydrogen-bond acceptors (Lipinski definition) is 3. The summed E-state index contributed by atoms with van der Waals surface area (Å²) in [6, 6.07) is 48.7. The van der Waals surface area contributed by atoms with Gasteiger partial charge >= 0.3 is 0 Å². The molecular formula is C45H37FIrN2OSi-2. The summed E-state index contributed by atoms with van der Waals surface area (Å²) in [6.07, 6.45) is 4.69. The monoisotopic (exact) mass is 861 g/mol. The maximum atomic E-state index is 12.8. The molecule has 51 heavy (non-hydrogen) atoms. The molecule has 3 heterocycles. The Morgan fingerprint density at radius 1 is 0.647 bits per heavy atom. The second-order valence-electron chi connectivity index (χ2n) is 13.6. The summed E-state index contributed by atoms with van der Waals surface area (Å²) in [7, 11) is -1.30. The Hall–Kier alpha value is -5.00. The van der Waals surface area contributed by atoms with Crippen LogP contribution in [0.1, 0.15) is 16.7 Å². The fourth-order valence-corrected chi connectivity index (χ4v) is 6.95. The average molecular weight is 861 g/mol. The number of fused-ring (bicyclic) bond motifs is 3. The van der Waals surface area contributed by atoms with Crippen LogP contribution < -0.4 is 5.19 Å². The van der Waals surface area contributed by atoms with Gasteiger partial charge in [0.2, 0.25) is 0 Å². The molecule has 0 aliphatic heterocycles. The largest absolute Gasteiger partial charge is 0.500 e. The molecule has 0 saturated heterocycles. The number of aromatic nitrogens is 2. The molecule has 0 aliphatic rings. The topological polar surface area (TPSA) is 38.9 Å². The van der Waals surface area contributed by atoms with Crippen LogP contribution in [0, 0.1) is 24.9 Å². The van der Waals surface area contributed by atoms with Gasteiger partial charge < -0.3 is 14.4 Å². The summed E-state index contributed by atoms with van der Waals surface area (Å²) in [5.74, 6) is -0.271. The van der Waals surface area contributed by atoms with E-state index in [1.165, 1.54) is 45.1 Å². The van der Waals surface area contributed by atoms with Gasteiger partial charge in [0.1, 0.15) is 5.58 Å². The first kappa shape index (κ1) is 35.8. The first-order valence-electron chi connectivity index (χ1n) is 16.8. The van der Waals surface area contributed by atoms with E-state index in [4.69, 9.17) is 4.42 Å². The normalized spacial score (nSPS) is 11.2. The van der Waals surface area contributed by atoms with Gasteiger partial charge in [-0.3, -0.25) is 4.39 Å². The molecule has 8 aromatic rings. The maximum absolute atomic E-state index is 12.8. The Balaban J connectivity index is 0.000000211. The van der Waals surface area contributed by atoms with Crippen LogP contribution >= 0.6 is 0 Å². The number of nitrogens with zero attached hydrogens (tertiary/aromatic N) is 2. The van der Waals surface area contributed by atoms with Crippen molar-refractivity contribution in [2.45, 2.75) is 33.0 Å². The Morgan fingerprint density at radius 2 is 1.39 bits per heavy atom. The van der Waals surface area contributed by atoms with Gasteiger partial charge in [0, 0.05) is 43.7 Å². The van der Waals surface area contributed by atoms with E-state index < -0.39 is 8.07 Å². The number of hydrogen-bond donors (Lipinski definition) is 0. The van der Waals surface area contributed by atoms with Crippen molar-refractivity contribution in [3.8, 4) is 33.6 Å². The molecule has 0 atom stereocenters. The van der Waals surface area contributed by atoms with E-state index in [1.807, 2.05) is 30.6 Å². The predicted octanol–water partition coefficient (Wildman–Crippen LogP) is 11.2. The first-order chi connectivity index (χ1) is 24.2. The van der Waals surface area contributed by atoms with Crippen LogP contribution in [-0.4, -0.2) is 18.0 Å². The van der Waals surface area contributed by atoms with Crippen LogP contribution in [0.4, 0.5) is 4.39 Å². The second-order valence-corrected chi connectivity index (χ2v) is 18.7. The van der Waals surface area contributed by atoms with Crippen molar-refractivity contribution in [3.63, 3.8) is 0 Å². The van der Waals surface area contributed by atoms with Crippen molar-refractivity contribution in [3.05, 3.63) is 174 Å². The third-order valence-electron chi connectivity index (χ3n) is 8.82. The summed E-state index contributed by atoms with van der Waals surface area (Å²) in [6.45, 7) is 8.96. The predicted molar refractivity (Wildman–Crippen MR) is 207 cm³/mol. The minimum Gasteiger partial charge on any atom is -0.500 e. The van der Waals surface area contributed by atoms with Crippen molar-refractivity contribution < 1.29 is 28.9 Å². The molecule has 8 rings (SSSR count). The fourth-order valence-electron chi connectivity index (χ4n) is 5.92. The molecule has 0 N–H and O–H groups in total. The Morgan fingerprint density at radius 3 is 2.10 bits per heavy atom. The minimum absolute atomic E-state index is 0. The van der Waals surface area contributed by atoms with Gasteiger partial charge in [0.15, 0.2) is 0 Å². The maximum Gasteiger partial charge on any atom is 0.121 e. The van der Waals surface area contributed by atoms with Crippen LogP contribution in [-0.2, 0) is 26.5 Å². The van der Waals surface area contributed by atoms with Gasteiger partial charge in [0.05, 0.1) is 13.7 Å². The van der Waals surface area contributed by atoms with Crippen LogP contribution in [0.15, 0.2) is 144 Å². The van der Waals surface area contributed by atoms with Crippen molar-refractivity contribution in [2.75, 3.05) is 0 Å². The van der Waals surface area contributed by atoms with E-state index in [9.17, 15) is 4.39 Å².